The third-order valence-electron chi connectivity index (χ3n) is 2.80. The van der Waals surface area contributed by atoms with Crippen molar-refractivity contribution in [1.82, 2.24) is 5.32 Å². The number of hydrogen-bond acceptors (Lipinski definition) is 2. The molecule has 0 bridgehead atoms. The molecule has 2 rings (SSSR count). The van der Waals surface area contributed by atoms with Gasteiger partial charge in [-0.1, -0.05) is 11.6 Å². The quantitative estimate of drug-likeness (QED) is 0.771. The van der Waals surface area contributed by atoms with Crippen molar-refractivity contribution >= 4 is 11.6 Å². The van der Waals surface area contributed by atoms with Gasteiger partial charge in [-0.05, 0) is 56.0 Å². The van der Waals surface area contributed by atoms with E-state index in [9.17, 15) is 0 Å². The van der Waals surface area contributed by atoms with Crippen molar-refractivity contribution in [1.29, 1.82) is 0 Å². The maximum atomic E-state index is 5.87. The molecule has 1 aromatic rings. The third kappa shape index (κ3) is 3.69. The Bertz CT molecular complexity index is 350. The van der Waals surface area contributed by atoms with Gasteiger partial charge in [0.2, 0.25) is 0 Å². The van der Waals surface area contributed by atoms with Crippen molar-refractivity contribution in [3.63, 3.8) is 0 Å². The molecule has 0 atom stereocenters. The minimum absolute atomic E-state index is 0.717. The Kier molecular flexibility index (Phi) is 4.08. The van der Waals surface area contributed by atoms with Crippen LogP contribution in [0.15, 0.2) is 18.2 Å². The fraction of sp³-hybridized carbons (Fsp3) is 0.538. The predicted molar refractivity (Wildman–Crippen MR) is 67.3 cm³/mol. The SMILES string of the molecule is Cc1cc(Cl)ccc1OCCNCC1CC1. The Morgan fingerprint density at radius 2 is 2.25 bits per heavy atom. The fourth-order valence-corrected chi connectivity index (χ4v) is 1.86. The summed E-state index contributed by atoms with van der Waals surface area (Å²) in [6.45, 7) is 4.79. The Morgan fingerprint density at radius 3 is 2.94 bits per heavy atom. The third-order valence-corrected chi connectivity index (χ3v) is 3.04. The molecule has 1 fully saturated rings. The monoisotopic (exact) mass is 239 g/mol. The highest BCUT2D eigenvalue weighted by atomic mass is 35.5. The van der Waals surface area contributed by atoms with E-state index in [0.29, 0.717) is 0 Å². The molecule has 0 radical (unpaired) electrons. The Morgan fingerprint density at radius 1 is 1.44 bits per heavy atom. The topological polar surface area (TPSA) is 21.3 Å². The van der Waals surface area contributed by atoms with Gasteiger partial charge in [0.25, 0.3) is 0 Å². The van der Waals surface area contributed by atoms with Crippen LogP contribution in [0.5, 0.6) is 5.75 Å². The van der Waals surface area contributed by atoms with E-state index in [1.54, 1.807) is 0 Å². The molecule has 0 spiro atoms. The lowest BCUT2D eigenvalue weighted by molar-refractivity contribution is 0.311. The van der Waals surface area contributed by atoms with Gasteiger partial charge in [0.15, 0.2) is 0 Å². The van der Waals surface area contributed by atoms with Gasteiger partial charge in [-0.15, -0.1) is 0 Å². The lowest BCUT2D eigenvalue weighted by Gasteiger charge is -2.09. The van der Waals surface area contributed by atoms with Gasteiger partial charge in [-0.25, -0.2) is 0 Å². The van der Waals surface area contributed by atoms with Crippen LogP contribution < -0.4 is 10.1 Å². The summed E-state index contributed by atoms with van der Waals surface area (Å²) in [7, 11) is 0. The van der Waals surface area contributed by atoms with Gasteiger partial charge < -0.3 is 10.1 Å². The van der Waals surface area contributed by atoms with Crippen LogP contribution in [0.25, 0.3) is 0 Å². The second-order valence-corrected chi connectivity index (χ2v) is 4.84. The molecule has 1 aromatic carbocycles. The second-order valence-electron chi connectivity index (χ2n) is 4.41. The molecule has 88 valence electrons. The highest BCUT2D eigenvalue weighted by Gasteiger charge is 2.19. The Balaban J connectivity index is 1.67. The summed E-state index contributed by atoms with van der Waals surface area (Å²) in [6, 6.07) is 5.72. The zero-order valence-electron chi connectivity index (χ0n) is 9.63. The number of halogens is 1. The van der Waals surface area contributed by atoms with E-state index in [1.807, 2.05) is 25.1 Å². The predicted octanol–water partition coefficient (Wildman–Crippen LogP) is 3.03. The zero-order chi connectivity index (χ0) is 11.4. The van der Waals surface area contributed by atoms with Crippen LogP contribution in [0.3, 0.4) is 0 Å². The molecule has 0 saturated heterocycles. The zero-order valence-corrected chi connectivity index (χ0v) is 10.4. The van der Waals surface area contributed by atoms with Crippen molar-refractivity contribution < 1.29 is 4.74 Å². The van der Waals surface area contributed by atoms with Gasteiger partial charge in [0, 0.05) is 11.6 Å². The van der Waals surface area contributed by atoms with E-state index in [2.05, 4.69) is 5.32 Å². The first-order valence-electron chi connectivity index (χ1n) is 5.85. The molecule has 1 N–H and O–H groups in total. The summed E-state index contributed by atoms with van der Waals surface area (Å²) in [5, 5.41) is 4.16. The van der Waals surface area contributed by atoms with E-state index in [1.165, 1.54) is 12.8 Å². The molecule has 0 heterocycles. The van der Waals surface area contributed by atoms with E-state index >= 15 is 0 Å². The molecular weight excluding hydrogens is 222 g/mol. The average Bonchev–Trinajstić information content (AvgIpc) is 3.04. The maximum Gasteiger partial charge on any atom is 0.122 e. The van der Waals surface area contributed by atoms with Crippen LogP contribution in [0.4, 0.5) is 0 Å². The standard InChI is InChI=1S/C13H18ClNO/c1-10-8-12(14)4-5-13(10)16-7-6-15-9-11-2-3-11/h4-5,8,11,15H,2-3,6-7,9H2,1H3. The summed E-state index contributed by atoms with van der Waals surface area (Å²) >= 11 is 5.87. The first-order valence-corrected chi connectivity index (χ1v) is 6.23. The van der Waals surface area contributed by atoms with Crippen molar-refractivity contribution in [2.24, 2.45) is 5.92 Å². The largest absolute Gasteiger partial charge is 0.492 e. The summed E-state index contributed by atoms with van der Waals surface area (Å²) in [5.41, 5.74) is 1.09. The van der Waals surface area contributed by atoms with Gasteiger partial charge >= 0.3 is 0 Å². The number of nitrogens with one attached hydrogen (secondary N) is 1. The summed E-state index contributed by atoms with van der Waals surface area (Å²) in [5.74, 6) is 1.86. The summed E-state index contributed by atoms with van der Waals surface area (Å²) in [6.07, 6.45) is 2.79. The van der Waals surface area contributed by atoms with Crippen molar-refractivity contribution in [2.45, 2.75) is 19.8 Å². The molecular formula is C13H18ClNO. The van der Waals surface area contributed by atoms with Crippen molar-refractivity contribution in [3.05, 3.63) is 28.8 Å². The summed E-state index contributed by atoms with van der Waals surface area (Å²) in [4.78, 5) is 0. The number of ether oxygens (including phenoxy) is 1. The van der Waals surface area contributed by atoms with Crippen LogP contribution in [-0.2, 0) is 0 Å². The normalized spacial score (nSPS) is 15.1. The number of benzene rings is 1. The van der Waals surface area contributed by atoms with E-state index in [4.69, 9.17) is 16.3 Å². The van der Waals surface area contributed by atoms with Gasteiger partial charge in [0.1, 0.15) is 12.4 Å². The molecule has 0 aromatic heterocycles. The van der Waals surface area contributed by atoms with Crippen LogP contribution in [0, 0.1) is 12.8 Å². The molecule has 1 aliphatic rings. The molecule has 1 saturated carbocycles. The van der Waals surface area contributed by atoms with Gasteiger partial charge in [0.05, 0.1) is 0 Å². The van der Waals surface area contributed by atoms with Crippen LogP contribution >= 0.6 is 11.6 Å². The number of rotatable bonds is 6. The average molecular weight is 240 g/mol. The lowest BCUT2D eigenvalue weighted by Crippen LogP contribution is -2.23. The molecule has 0 unspecified atom stereocenters. The number of hydrogen-bond donors (Lipinski definition) is 1. The smallest absolute Gasteiger partial charge is 0.122 e. The molecule has 0 aliphatic heterocycles. The van der Waals surface area contributed by atoms with Crippen LogP contribution in [-0.4, -0.2) is 19.7 Å². The number of aryl methyl sites for hydroxylation is 1. The second kappa shape index (κ2) is 5.55. The first-order chi connectivity index (χ1) is 7.75. The van der Waals surface area contributed by atoms with Gasteiger partial charge in [-0.2, -0.15) is 0 Å². The van der Waals surface area contributed by atoms with Crippen LogP contribution in [0.2, 0.25) is 5.02 Å². The Hall–Kier alpha value is -0.730. The van der Waals surface area contributed by atoms with E-state index in [-0.39, 0.29) is 0 Å². The molecule has 1 aliphatic carbocycles. The molecule has 16 heavy (non-hydrogen) atoms. The van der Waals surface area contributed by atoms with E-state index < -0.39 is 0 Å². The van der Waals surface area contributed by atoms with Gasteiger partial charge in [-0.3, -0.25) is 0 Å². The van der Waals surface area contributed by atoms with Crippen molar-refractivity contribution in [2.75, 3.05) is 19.7 Å². The molecule has 2 nitrogen and oxygen atoms in total. The summed E-state index contributed by atoms with van der Waals surface area (Å²) < 4.78 is 5.67. The highest BCUT2D eigenvalue weighted by Crippen LogP contribution is 2.27. The van der Waals surface area contributed by atoms with E-state index in [0.717, 1.165) is 41.9 Å². The Labute approximate surface area is 102 Å². The minimum atomic E-state index is 0.717. The van der Waals surface area contributed by atoms with Crippen molar-refractivity contribution in [3.8, 4) is 5.75 Å². The minimum Gasteiger partial charge on any atom is -0.492 e. The maximum absolute atomic E-state index is 5.87. The lowest BCUT2D eigenvalue weighted by atomic mass is 10.2. The molecule has 0 amide bonds. The highest BCUT2D eigenvalue weighted by molar-refractivity contribution is 6.30. The molecule has 3 heteroatoms. The van der Waals surface area contributed by atoms with Crippen LogP contribution in [0.1, 0.15) is 18.4 Å². The fourth-order valence-electron chi connectivity index (χ4n) is 1.64. The first kappa shape index (κ1) is 11.7.